The van der Waals surface area contributed by atoms with Gasteiger partial charge in [-0.3, -0.25) is 4.79 Å². The van der Waals surface area contributed by atoms with Crippen LogP contribution in [0, 0.1) is 0 Å². The summed E-state index contributed by atoms with van der Waals surface area (Å²) in [5, 5.41) is 3.15. The van der Waals surface area contributed by atoms with Gasteiger partial charge in [0.2, 0.25) is 5.91 Å². The largest absolute Gasteiger partial charge is 0.497 e. The van der Waals surface area contributed by atoms with E-state index in [1.165, 1.54) is 11.1 Å². The van der Waals surface area contributed by atoms with Gasteiger partial charge in [-0.1, -0.05) is 24.3 Å². The molecule has 0 radical (unpaired) electrons. The van der Waals surface area contributed by atoms with Crippen molar-refractivity contribution in [2.24, 2.45) is 0 Å². The predicted octanol–water partition coefficient (Wildman–Crippen LogP) is 5.54. The van der Waals surface area contributed by atoms with Crippen molar-refractivity contribution in [1.82, 2.24) is 5.32 Å². The second-order valence-corrected chi connectivity index (χ2v) is 11.5. The molecule has 0 bridgehead atoms. The molecule has 0 aliphatic carbocycles. The molecule has 2 aromatic rings. The molecule has 0 fully saturated rings. The molecule has 0 heterocycles. The Bertz CT molecular complexity index is 802. The van der Waals surface area contributed by atoms with Gasteiger partial charge in [-0.25, -0.2) is 0 Å². The van der Waals surface area contributed by atoms with Crippen molar-refractivity contribution in [3.05, 3.63) is 59.7 Å². The normalized spacial score (nSPS) is 11.8. The van der Waals surface area contributed by atoms with Crippen LogP contribution in [0.1, 0.15) is 38.8 Å². The molecule has 164 valence electrons. The zero-order chi connectivity index (χ0) is 22.2. The average molecular weight is 448 g/mol. The number of carbonyl (C=O) groups excluding carboxylic acids is 1. The standard InChI is InChI=1S/C24H33NO3S2/c1-23(2,29-15-18-7-11-20(27-5)12-8-18)17-25-22(26)24(3,4)30-16-19-9-13-21(28-6)14-10-19/h7-14H,15-17H2,1-6H3,(H,25,26). The van der Waals surface area contributed by atoms with Crippen molar-refractivity contribution in [1.29, 1.82) is 0 Å². The van der Waals surface area contributed by atoms with Gasteiger partial charge in [0.05, 0.1) is 19.0 Å². The molecule has 2 rings (SSSR count). The van der Waals surface area contributed by atoms with Gasteiger partial charge >= 0.3 is 0 Å². The molecular formula is C24H33NO3S2. The van der Waals surface area contributed by atoms with E-state index in [9.17, 15) is 4.79 Å². The SMILES string of the molecule is COc1ccc(CSC(C)(C)CNC(=O)C(C)(C)SCc2ccc(OC)cc2)cc1. The number of amides is 1. The van der Waals surface area contributed by atoms with Crippen molar-refractivity contribution >= 4 is 29.4 Å². The second-order valence-electron chi connectivity index (χ2n) is 8.23. The number of methoxy groups -OCH3 is 2. The summed E-state index contributed by atoms with van der Waals surface area (Å²) in [6.45, 7) is 8.92. The first kappa shape index (κ1) is 24.5. The van der Waals surface area contributed by atoms with Crippen molar-refractivity contribution in [3.63, 3.8) is 0 Å². The van der Waals surface area contributed by atoms with Crippen LogP contribution in [0.4, 0.5) is 0 Å². The minimum absolute atomic E-state index is 0.0632. The van der Waals surface area contributed by atoms with Gasteiger partial charge in [0.25, 0.3) is 0 Å². The molecule has 0 atom stereocenters. The summed E-state index contributed by atoms with van der Waals surface area (Å²) >= 11 is 3.48. The summed E-state index contributed by atoms with van der Waals surface area (Å²) in [5.41, 5.74) is 2.42. The monoisotopic (exact) mass is 447 g/mol. The van der Waals surface area contributed by atoms with Crippen LogP contribution in [0.25, 0.3) is 0 Å². The highest BCUT2D eigenvalue weighted by atomic mass is 32.2. The fourth-order valence-corrected chi connectivity index (χ4v) is 4.46. The topological polar surface area (TPSA) is 47.6 Å². The van der Waals surface area contributed by atoms with Gasteiger partial charge in [-0.15, -0.1) is 23.5 Å². The molecular weight excluding hydrogens is 414 g/mol. The lowest BCUT2D eigenvalue weighted by atomic mass is 10.1. The highest BCUT2D eigenvalue weighted by Crippen LogP contribution is 2.31. The summed E-state index contributed by atoms with van der Waals surface area (Å²) in [5.74, 6) is 3.45. The summed E-state index contributed by atoms with van der Waals surface area (Å²) in [7, 11) is 3.33. The molecule has 30 heavy (non-hydrogen) atoms. The number of ether oxygens (including phenoxy) is 2. The van der Waals surface area contributed by atoms with E-state index in [0.29, 0.717) is 6.54 Å². The van der Waals surface area contributed by atoms with Crippen LogP contribution >= 0.6 is 23.5 Å². The fraction of sp³-hybridized carbons (Fsp3) is 0.458. The van der Waals surface area contributed by atoms with E-state index in [4.69, 9.17) is 9.47 Å². The van der Waals surface area contributed by atoms with Gasteiger partial charge in [0.15, 0.2) is 0 Å². The van der Waals surface area contributed by atoms with Gasteiger partial charge in [-0.2, -0.15) is 0 Å². The highest BCUT2D eigenvalue weighted by Gasteiger charge is 2.30. The Hall–Kier alpha value is -1.79. The maximum Gasteiger partial charge on any atom is 0.235 e. The van der Waals surface area contributed by atoms with Crippen LogP contribution in [0.3, 0.4) is 0 Å². The summed E-state index contributed by atoms with van der Waals surface area (Å²) < 4.78 is 9.84. The molecule has 6 heteroatoms. The van der Waals surface area contributed by atoms with Gasteiger partial charge in [-0.05, 0) is 63.1 Å². The van der Waals surface area contributed by atoms with E-state index in [2.05, 4.69) is 31.3 Å². The van der Waals surface area contributed by atoms with Crippen molar-refractivity contribution in [2.45, 2.75) is 48.7 Å². The smallest absolute Gasteiger partial charge is 0.235 e. The first-order valence-electron chi connectivity index (χ1n) is 9.97. The number of thioether (sulfide) groups is 2. The number of carbonyl (C=O) groups is 1. The number of nitrogens with one attached hydrogen (secondary N) is 1. The maximum atomic E-state index is 12.8. The number of hydrogen-bond donors (Lipinski definition) is 1. The number of benzene rings is 2. The summed E-state index contributed by atoms with van der Waals surface area (Å²) in [4.78, 5) is 12.8. The van der Waals surface area contributed by atoms with Crippen LogP contribution < -0.4 is 14.8 Å². The first-order chi connectivity index (χ1) is 14.1. The average Bonchev–Trinajstić information content (AvgIpc) is 2.75. The molecule has 2 aromatic carbocycles. The minimum atomic E-state index is -0.503. The molecule has 1 N–H and O–H groups in total. The zero-order valence-electron chi connectivity index (χ0n) is 18.8. The number of hydrogen-bond acceptors (Lipinski definition) is 5. The molecule has 0 saturated carbocycles. The maximum absolute atomic E-state index is 12.8. The summed E-state index contributed by atoms with van der Waals surface area (Å²) in [6.07, 6.45) is 0. The van der Waals surface area contributed by atoms with Crippen LogP contribution in [-0.2, 0) is 16.3 Å². The third-order valence-corrected chi connectivity index (χ3v) is 7.56. The zero-order valence-corrected chi connectivity index (χ0v) is 20.4. The Labute approximate surface area is 189 Å². The van der Waals surface area contributed by atoms with Crippen LogP contribution in [-0.4, -0.2) is 36.2 Å². The van der Waals surface area contributed by atoms with E-state index in [1.807, 2.05) is 62.0 Å². The Morgan fingerprint density at radius 2 is 1.23 bits per heavy atom. The Morgan fingerprint density at radius 1 is 0.800 bits per heavy atom. The van der Waals surface area contributed by atoms with E-state index in [0.717, 1.165) is 23.0 Å². The Balaban J connectivity index is 1.80. The van der Waals surface area contributed by atoms with Gasteiger partial charge < -0.3 is 14.8 Å². The lowest BCUT2D eigenvalue weighted by Gasteiger charge is -2.28. The van der Waals surface area contributed by atoms with Crippen molar-refractivity contribution in [3.8, 4) is 11.5 Å². The molecule has 0 aliphatic heterocycles. The summed E-state index contributed by atoms with van der Waals surface area (Å²) in [6, 6.07) is 16.1. The van der Waals surface area contributed by atoms with Crippen molar-refractivity contribution in [2.75, 3.05) is 20.8 Å². The molecule has 0 saturated heterocycles. The van der Waals surface area contributed by atoms with E-state index in [1.54, 1.807) is 26.0 Å². The van der Waals surface area contributed by atoms with E-state index in [-0.39, 0.29) is 10.7 Å². The quantitative estimate of drug-likeness (QED) is 0.490. The second kappa shape index (κ2) is 11.0. The van der Waals surface area contributed by atoms with E-state index >= 15 is 0 Å². The van der Waals surface area contributed by atoms with Crippen LogP contribution in [0.15, 0.2) is 48.5 Å². The first-order valence-corrected chi connectivity index (χ1v) is 11.9. The minimum Gasteiger partial charge on any atom is -0.497 e. The highest BCUT2D eigenvalue weighted by molar-refractivity contribution is 8.00. The predicted molar refractivity (Wildman–Crippen MR) is 130 cm³/mol. The third-order valence-electron chi connectivity index (χ3n) is 4.77. The van der Waals surface area contributed by atoms with Gasteiger partial charge in [0.1, 0.15) is 11.5 Å². The lowest BCUT2D eigenvalue weighted by molar-refractivity contribution is -0.122. The Morgan fingerprint density at radius 3 is 1.67 bits per heavy atom. The van der Waals surface area contributed by atoms with Crippen LogP contribution in [0.2, 0.25) is 0 Å². The third kappa shape index (κ3) is 7.80. The molecule has 0 spiro atoms. The van der Waals surface area contributed by atoms with Gasteiger partial charge in [0, 0.05) is 22.8 Å². The molecule has 0 aliphatic rings. The molecule has 0 unspecified atom stereocenters. The van der Waals surface area contributed by atoms with E-state index < -0.39 is 4.75 Å². The number of rotatable bonds is 11. The fourth-order valence-electron chi connectivity index (χ4n) is 2.61. The molecule has 0 aromatic heterocycles. The Kier molecular flexibility index (Phi) is 8.98. The molecule has 1 amide bonds. The lowest BCUT2D eigenvalue weighted by Crippen LogP contribution is -2.44. The van der Waals surface area contributed by atoms with Crippen LogP contribution in [0.5, 0.6) is 11.5 Å². The van der Waals surface area contributed by atoms with Crippen molar-refractivity contribution < 1.29 is 14.3 Å². The molecule has 4 nitrogen and oxygen atoms in total.